The molecule has 0 spiro atoms. The van der Waals surface area contributed by atoms with Gasteiger partial charge >= 0.3 is 0 Å². The standard InChI is InChI=1S/C15H26O4Si/c1-15(2,3)20(6,7)19-18-11-12-8-13(16-4)10-14(9-12)17-5/h8-10H,11H2,1-7H3. The smallest absolute Gasteiger partial charge is 0.238 e. The number of hydrogen-bond donors (Lipinski definition) is 0. The predicted octanol–water partition coefficient (Wildman–Crippen LogP) is 4.16. The molecule has 5 heteroatoms. The fraction of sp³-hybridized carbons (Fsp3) is 0.600. The third kappa shape index (κ3) is 4.51. The quantitative estimate of drug-likeness (QED) is 0.449. The molecule has 0 aliphatic carbocycles. The molecular weight excluding hydrogens is 272 g/mol. The average molecular weight is 298 g/mol. The fourth-order valence-electron chi connectivity index (χ4n) is 1.32. The van der Waals surface area contributed by atoms with E-state index >= 15 is 0 Å². The molecule has 0 amide bonds. The normalized spacial score (nSPS) is 12.3. The summed E-state index contributed by atoms with van der Waals surface area (Å²) in [4.78, 5) is 5.46. The Hall–Kier alpha value is -1.04. The Morgan fingerprint density at radius 3 is 1.85 bits per heavy atom. The molecule has 0 unspecified atom stereocenters. The van der Waals surface area contributed by atoms with Gasteiger partial charge in [-0.2, -0.15) is 0 Å². The van der Waals surface area contributed by atoms with E-state index in [1.807, 2.05) is 18.2 Å². The third-order valence-corrected chi connectivity index (χ3v) is 7.86. The van der Waals surface area contributed by atoms with Crippen LogP contribution < -0.4 is 9.47 Å². The van der Waals surface area contributed by atoms with Gasteiger partial charge < -0.3 is 9.47 Å². The summed E-state index contributed by atoms with van der Waals surface area (Å²) < 4.78 is 16.2. The Morgan fingerprint density at radius 1 is 0.950 bits per heavy atom. The van der Waals surface area contributed by atoms with E-state index in [4.69, 9.17) is 18.9 Å². The van der Waals surface area contributed by atoms with Gasteiger partial charge in [-0.15, -0.1) is 0 Å². The molecule has 1 aromatic rings. The molecule has 0 heterocycles. The lowest BCUT2D eigenvalue weighted by molar-refractivity contribution is -0.231. The molecule has 1 aromatic carbocycles. The van der Waals surface area contributed by atoms with Crippen molar-refractivity contribution in [1.29, 1.82) is 0 Å². The Kier molecular flexibility index (Phi) is 5.62. The first-order valence-corrected chi connectivity index (χ1v) is 9.63. The van der Waals surface area contributed by atoms with Crippen molar-refractivity contribution in [3.05, 3.63) is 23.8 Å². The monoisotopic (exact) mass is 298 g/mol. The minimum atomic E-state index is -1.89. The summed E-state index contributed by atoms with van der Waals surface area (Å²) in [5, 5.41) is 0.124. The molecular formula is C15H26O4Si. The van der Waals surface area contributed by atoms with E-state index in [2.05, 4.69) is 33.9 Å². The molecule has 0 aliphatic heterocycles. The molecule has 0 aliphatic rings. The minimum absolute atomic E-state index is 0.124. The second-order valence-corrected chi connectivity index (χ2v) is 11.0. The molecule has 1 rings (SSSR count). The highest BCUT2D eigenvalue weighted by atomic mass is 28.4. The molecule has 0 radical (unpaired) electrons. The molecule has 0 N–H and O–H groups in total. The summed E-state index contributed by atoms with van der Waals surface area (Å²) in [5.74, 6) is 1.49. The van der Waals surface area contributed by atoms with Crippen LogP contribution in [0.3, 0.4) is 0 Å². The van der Waals surface area contributed by atoms with Crippen molar-refractivity contribution in [2.24, 2.45) is 0 Å². The summed E-state index contributed by atoms with van der Waals surface area (Å²) in [7, 11) is 1.37. The van der Waals surface area contributed by atoms with Gasteiger partial charge in [0, 0.05) is 6.07 Å². The summed E-state index contributed by atoms with van der Waals surface area (Å²) in [5.41, 5.74) is 0.958. The average Bonchev–Trinajstić information content (AvgIpc) is 2.36. The van der Waals surface area contributed by atoms with E-state index in [0.29, 0.717) is 6.61 Å². The zero-order valence-corrected chi connectivity index (χ0v) is 14.6. The van der Waals surface area contributed by atoms with Crippen LogP contribution in [0.15, 0.2) is 18.2 Å². The lowest BCUT2D eigenvalue weighted by Crippen LogP contribution is -2.40. The van der Waals surface area contributed by atoms with Crippen molar-refractivity contribution >= 4 is 8.32 Å². The highest BCUT2D eigenvalue weighted by Gasteiger charge is 2.39. The van der Waals surface area contributed by atoms with Crippen LogP contribution in [-0.4, -0.2) is 22.5 Å². The summed E-state index contributed by atoms with van der Waals surface area (Å²) in [6.45, 7) is 11.2. The van der Waals surface area contributed by atoms with Gasteiger partial charge in [-0.05, 0) is 35.8 Å². The Balaban J connectivity index is 2.66. The second-order valence-electron chi connectivity index (χ2n) is 6.33. The fourth-order valence-corrected chi connectivity index (χ4v) is 1.92. The number of benzene rings is 1. The maximum absolute atomic E-state index is 5.70. The van der Waals surface area contributed by atoms with Gasteiger partial charge in [0.1, 0.15) is 18.1 Å². The molecule has 114 valence electrons. The largest absolute Gasteiger partial charge is 0.497 e. The zero-order valence-electron chi connectivity index (χ0n) is 13.6. The lowest BCUT2D eigenvalue weighted by Gasteiger charge is -2.34. The van der Waals surface area contributed by atoms with Crippen molar-refractivity contribution in [1.82, 2.24) is 0 Å². The van der Waals surface area contributed by atoms with Crippen LogP contribution in [0, 0.1) is 0 Å². The van der Waals surface area contributed by atoms with Crippen molar-refractivity contribution in [3.63, 3.8) is 0 Å². The van der Waals surface area contributed by atoms with Crippen LogP contribution in [0.25, 0.3) is 0 Å². The number of ether oxygens (including phenoxy) is 2. The molecule has 0 saturated heterocycles. The Morgan fingerprint density at radius 2 is 1.45 bits per heavy atom. The van der Waals surface area contributed by atoms with Crippen molar-refractivity contribution in [2.75, 3.05) is 14.2 Å². The molecule has 0 saturated carbocycles. The molecule has 0 aromatic heterocycles. The number of hydrogen-bond acceptors (Lipinski definition) is 4. The van der Waals surface area contributed by atoms with Crippen LogP contribution in [0.5, 0.6) is 11.5 Å². The Bertz CT molecular complexity index is 416. The van der Waals surface area contributed by atoms with Gasteiger partial charge in [0.2, 0.25) is 8.32 Å². The van der Waals surface area contributed by atoms with Gasteiger partial charge in [-0.1, -0.05) is 20.8 Å². The van der Waals surface area contributed by atoms with E-state index in [0.717, 1.165) is 17.1 Å². The highest BCUT2D eigenvalue weighted by Crippen LogP contribution is 2.36. The van der Waals surface area contributed by atoms with E-state index in [9.17, 15) is 0 Å². The van der Waals surface area contributed by atoms with Gasteiger partial charge in [0.15, 0.2) is 0 Å². The van der Waals surface area contributed by atoms with Gasteiger partial charge in [-0.25, -0.2) is 4.89 Å². The SMILES string of the molecule is COc1cc(COO[Si](C)(C)C(C)(C)C)cc(OC)c1. The van der Waals surface area contributed by atoms with Crippen LogP contribution in [0.2, 0.25) is 18.1 Å². The first-order chi connectivity index (χ1) is 9.19. The van der Waals surface area contributed by atoms with Gasteiger partial charge in [0.25, 0.3) is 0 Å². The molecule has 0 fully saturated rings. The topological polar surface area (TPSA) is 36.9 Å². The molecule has 0 atom stereocenters. The number of rotatable bonds is 6. The maximum Gasteiger partial charge on any atom is 0.238 e. The van der Waals surface area contributed by atoms with Gasteiger partial charge in [-0.3, -0.25) is 4.58 Å². The summed E-state index contributed by atoms with van der Waals surface area (Å²) in [6, 6.07) is 5.66. The zero-order chi connectivity index (χ0) is 15.4. The van der Waals surface area contributed by atoms with Crippen LogP contribution >= 0.6 is 0 Å². The summed E-state index contributed by atoms with van der Waals surface area (Å²) in [6.07, 6.45) is 0. The van der Waals surface area contributed by atoms with E-state index in [1.54, 1.807) is 14.2 Å². The third-order valence-electron chi connectivity index (χ3n) is 3.71. The van der Waals surface area contributed by atoms with Crippen LogP contribution in [-0.2, 0) is 16.1 Å². The van der Waals surface area contributed by atoms with E-state index in [1.165, 1.54) is 0 Å². The molecule has 0 bridgehead atoms. The van der Waals surface area contributed by atoms with Crippen LogP contribution in [0.1, 0.15) is 26.3 Å². The van der Waals surface area contributed by atoms with Crippen molar-refractivity contribution in [3.8, 4) is 11.5 Å². The molecule has 4 nitrogen and oxygen atoms in total. The van der Waals surface area contributed by atoms with Crippen LogP contribution in [0.4, 0.5) is 0 Å². The first kappa shape index (κ1) is 17.0. The maximum atomic E-state index is 5.70. The van der Waals surface area contributed by atoms with E-state index < -0.39 is 8.32 Å². The Labute approximate surface area is 123 Å². The second kappa shape index (κ2) is 6.61. The first-order valence-electron chi connectivity index (χ1n) is 6.72. The lowest BCUT2D eigenvalue weighted by atomic mass is 10.2. The highest BCUT2D eigenvalue weighted by molar-refractivity contribution is 6.73. The predicted molar refractivity (Wildman–Crippen MR) is 82.6 cm³/mol. The number of methoxy groups -OCH3 is 2. The van der Waals surface area contributed by atoms with Crippen molar-refractivity contribution < 1.29 is 18.9 Å². The molecule has 20 heavy (non-hydrogen) atoms. The summed E-state index contributed by atoms with van der Waals surface area (Å²) >= 11 is 0. The van der Waals surface area contributed by atoms with E-state index in [-0.39, 0.29) is 5.04 Å². The van der Waals surface area contributed by atoms with Gasteiger partial charge in [0.05, 0.1) is 14.2 Å². The minimum Gasteiger partial charge on any atom is -0.497 e. The van der Waals surface area contributed by atoms with Crippen molar-refractivity contribution in [2.45, 2.75) is 45.5 Å².